The number of nitrogens with zero attached hydrogens (tertiary/aromatic N) is 2. The summed E-state index contributed by atoms with van der Waals surface area (Å²) in [5.41, 5.74) is 3.10. The predicted octanol–water partition coefficient (Wildman–Crippen LogP) is 1.08. The minimum Gasteiger partial charge on any atom is -0.507 e. The van der Waals surface area contributed by atoms with E-state index in [1.165, 1.54) is 12.0 Å². The number of hydrogen-bond acceptors (Lipinski definition) is 5. The van der Waals surface area contributed by atoms with Gasteiger partial charge in [0.05, 0.1) is 17.4 Å². The summed E-state index contributed by atoms with van der Waals surface area (Å²) in [7, 11) is 1.89. The number of aliphatic carboxylic acids is 1. The number of carbonyl (C=O) groups excluding carboxylic acids is 2. The van der Waals surface area contributed by atoms with Gasteiger partial charge in [0.2, 0.25) is 0 Å². The maximum absolute atomic E-state index is 13.1. The molecule has 0 radical (unpaired) electrons. The van der Waals surface area contributed by atoms with Crippen LogP contribution in [-0.2, 0) is 16.0 Å². The number of fused-ring (bicyclic) bond motifs is 1. The van der Waals surface area contributed by atoms with Gasteiger partial charge >= 0.3 is 70.3 Å². The predicted molar refractivity (Wildman–Crippen MR) is 147 cm³/mol. The summed E-state index contributed by atoms with van der Waals surface area (Å²) in [6.07, 6.45) is 8.22. The molecular formula is C30H37N3O6Rb+. The van der Waals surface area contributed by atoms with E-state index in [1.807, 2.05) is 18.5 Å². The van der Waals surface area contributed by atoms with Gasteiger partial charge in [-0.2, -0.15) is 0 Å². The average Bonchev–Trinajstić information content (AvgIpc) is 3.09. The molecule has 3 N–H and O–H groups in total. The third-order valence-electron chi connectivity index (χ3n) is 7.76. The van der Waals surface area contributed by atoms with Crippen molar-refractivity contribution in [3.63, 3.8) is 0 Å². The number of carboxylic acids is 1. The number of carboxylic acid groups (broad SMARTS) is 1. The molecule has 2 aliphatic heterocycles. The Balaban J connectivity index is 0.00000441. The Kier molecular flexibility index (Phi) is 11.0. The summed E-state index contributed by atoms with van der Waals surface area (Å²) >= 11 is 0. The van der Waals surface area contributed by atoms with Crippen LogP contribution in [0.1, 0.15) is 63.0 Å². The fraction of sp³-hybridized carbons (Fsp3) is 0.433. The standard InChI is InChI=1S/C30H37N3O6.Rb/c1-6-7-8-9-19-13-24(34)27(20-12-17(2)10-11-22(20)32(4)5)25(14-19)39-30(38)31-16-21-18(3)23-15-26(35)33(23)28(21)29(36)37;/h12-15,20,22-23,34H,3-4,6-11,16H2,1-2,5H3,(H,31,38)(H,36,37);/q;+1/t20-,22-,23?;/m1./s1. The van der Waals surface area contributed by atoms with Crippen LogP contribution >= 0.6 is 0 Å². The maximum Gasteiger partial charge on any atom is 1.00 e. The normalized spacial score (nSPS) is 21.5. The fourth-order valence-corrected chi connectivity index (χ4v) is 5.69. The molecule has 2 heterocycles. The van der Waals surface area contributed by atoms with E-state index in [1.54, 1.807) is 12.1 Å². The number of amides is 2. The molecule has 1 saturated heterocycles. The summed E-state index contributed by atoms with van der Waals surface area (Å²) in [4.78, 5) is 38.0. The Labute approximate surface area is 284 Å². The second-order valence-electron chi connectivity index (χ2n) is 10.6. The topological polar surface area (TPSA) is 119 Å². The van der Waals surface area contributed by atoms with E-state index in [9.17, 15) is 24.6 Å². The van der Waals surface area contributed by atoms with Crippen LogP contribution in [0.15, 0.2) is 47.2 Å². The van der Waals surface area contributed by atoms with E-state index >= 15 is 0 Å². The second-order valence-corrected chi connectivity index (χ2v) is 10.6. The summed E-state index contributed by atoms with van der Waals surface area (Å²) in [6.45, 7) is 12.0. The van der Waals surface area contributed by atoms with Gasteiger partial charge in [-0.15, -0.1) is 0 Å². The van der Waals surface area contributed by atoms with Crippen LogP contribution in [0.5, 0.6) is 11.5 Å². The smallest absolute Gasteiger partial charge is 0.507 e. The Morgan fingerprint density at radius 3 is 2.65 bits per heavy atom. The number of aromatic hydroxyl groups is 1. The molecular weight excluding hydrogens is 584 g/mol. The van der Waals surface area contributed by atoms with Crippen molar-refractivity contribution in [2.75, 3.05) is 13.6 Å². The van der Waals surface area contributed by atoms with Crippen LogP contribution < -0.4 is 68.2 Å². The van der Waals surface area contributed by atoms with Crippen LogP contribution in [-0.4, -0.2) is 70.1 Å². The Morgan fingerprint density at radius 2 is 2.02 bits per heavy atom. The maximum atomic E-state index is 13.1. The molecule has 0 spiro atoms. The number of nitrogens with one attached hydrogen (secondary N) is 1. The van der Waals surface area contributed by atoms with Gasteiger partial charge in [0, 0.05) is 18.5 Å². The molecule has 9 nitrogen and oxygen atoms in total. The van der Waals surface area contributed by atoms with Gasteiger partial charge < -0.3 is 30.0 Å². The number of phenolic OH excluding ortho intramolecular Hbond substituents is 1. The van der Waals surface area contributed by atoms with Gasteiger partial charge in [-0.05, 0) is 49.9 Å². The quantitative estimate of drug-likeness (QED) is 0.0900. The van der Waals surface area contributed by atoms with Gasteiger partial charge in [0.15, 0.2) is 6.04 Å². The molecule has 3 aliphatic rings. The van der Waals surface area contributed by atoms with E-state index in [0.717, 1.165) is 49.0 Å². The minimum atomic E-state index is -1.26. The second kappa shape index (κ2) is 13.6. The minimum absolute atomic E-state index is 0. The number of allylic oxidation sites excluding steroid dienone is 1. The van der Waals surface area contributed by atoms with Crippen LogP contribution in [0.2, 0.25) is 0 Å². The summed E-state index contributed by atoms with van der Waals surface area (Å²) in [6, 6.07) is 3.05. The summed E-state index contributed by atoms with van der Waals surface area (Å²) in [5.74, 6) is -1.59. The van der Waals surface area contributed by atoms with Crippen molar-refractivity contribution < 1.29 is 92.1 Å². The first kappa shape index (κ1) is 32.3. The van der Waals surface area contributed by atoms with Crippen molar-refractivity contribution >= 4 is 24.7 Å². The molecule has 2 amide bonds. The Bertz CT molecular complexity index is 1300. The van der Waals surface area contributed by atoms with Crippen molar-refractivity contribution in [1.82, 2.24) is 10.2 Å². The number of benzene rings is 1. The summed E-state index contributed by atoms with van der Waals surface area (Å²) in [5, 5.41) is 23.5. The molecule has 4 rings (SSSR count). The van der Waals surface area contributed by atoms with Gasteiger partial charge in [0.1, 0.15) is 31.0 Å². The molecule has 3 atom stereocenters. The van der Waals surface area contributed by atoms with E-state index < -0.39 is 24.0 Å². The zero-order chi connectivity index (χ0) is 28.4. The van der Waals surface area contributed by atoms with E-state index in [2.05, 4.69) is 31.6 Å². The van der Waals surface area contributed by atoms with Gasteiger partial charge in [-0.1, -0.05) is 43.6 Å². The Hall–Kier alpha value is -2.20. The molecule has 0 aromatic heterocycles. The monoisotopic (exact) mass is 620 g/mol. The van der Waals surface area contributed by atoms with Crippen molar-refractivity contribution in [1.29, 1.82) is 0 Å². The van der Waals surface area contributed by atoms with Crippen LogP contribution in [0.4, 0.5) is 4.79 Å². The van der Waals surface area contributed by atoms with Gasteiger partial charge in [0.25, 0.3) is 0 Å². The molecule has 1 aliphatic carbocycles. The molecule has 1 aromatic rings. The van der Waals surface area contributed by atoms with E-state index in [-0.39, 0.29) is 99.5 Å². The molecule has 1 fully saturated rings. The first-order chi connectivity index (χ1) is 18.5. The zero-order valence-electron chi connectivity index (χ0n) is 23.8. The molecule has 40 heavy (non-hydrogen) atoms. The SMILES string of the molecule is C=C1C(CNC(=O)Oc2cc(CCCCC)cc(O)c2[C@@H]2C=C(C)CC[C@H]2[N+](=C)C)=C(C(=O)O)N2C(=O)[CH-]C12.[Rb+]. The first-order valence-electron chi connectivity index (χ1n) is 13.4. The zero-order valence-corrected chi connectivity index (χ0v) is 28.7. The number of phenols is 1. The van der Waals surface area contributed by atoms with Crippen molar-refractivity contribution in [2.45, 2.75) is 70.4 Å². The average molecular weight is 621 g/mol. The van der Waals surface area contributed by atoms with E-state index in [0.29, 0.717) is 11.1 Å². The third kappa shape index (κ3) is 6.64. The summed E-state index contributed by atoms with van der Waals surface area (Å²) < 4.78 is 7.68. The van der Waals surface area contributed by atoms with Crippen molar-refractivity contribution in [3.05, 3.63) is 64.8 Å². The van der Waals surface area contributed by atoms with Gasteiger partial charge in [-0.3, -0.25) is 6.42 Å². The largest absolute Gasteiger partial charge is 1.00 e. The van der Waals surface area contributed by atoms with Crippen LogP contribution in [0, 0.1) is 6.42 Å². The Morgan fingerprint density at radius 1 is 1.30 bits per heavy atom. The van der Waals surface area contributed by atoms with Crippen LogP contribution in [0.25, 0.3) is 0 Å². The number of aryl methyl sites for hydroxylation is 1. The number of rotatable bonds is 10. The third-order valence-corrected chi connectivity index (χ3v) is 7.76. The van der Waals surface area contributed by atoms with Crippen molar-refractivity contribution in [2.24, 2.45) is 0 Å². The van der Waals surface area contributed by atoms with Crippen molar-refractivity contribution in [3.8, 4) is 11.5 Å². The van der Waals surface area contributed by atoms with Crippen LogP contribution in [0.3, 0.4) is 0 Å². The number of likely N-dealkylation sites (N-methyl/N-ethyl adjacent to an activating group) is 1. The molecule has 0 bridgehead atoms. The number of ether oxygens (including phenoxy) is 1. The van der Waals surface area contributed by atoms with E-state index in [4.69, 9.17) is 4.74 Å². The fourth-order valence-electron chi connectivity index (χ4n) is 5.69. The number of carbonyl (C=O) groups is 3. The first-order valence-corrected chi connectivity index (χ1v) is 13.4. The molecule has 0 saturated carbocycles. The molecule has 10 heteroatoms. The molecule has 208 valence electrons. The number of unbranched alkanes of at least 4 members (excludes halogenated alkanes) is 2. The van der Waals surface area contributed by atoms with Gasteiger partial charge in [-0.25, -0.2) is 14.2 Å². The molecule has 1 unspecified atom stereocenters. The number of hydrogen-bond donors (Lipinski definition) is 3. The molecule has 1 aromatic carbocycles. The number of β-lactam (4-membered cyclic amide) rings is 1.